The van der Waals surface area contributed by atoms with Crippen LogP contribution in [0.1, 0.15) is 36.8 Å². The Morgan fingerprint density at radius 1 is 1.17 bits per heavy atom. The van der Waals surface area contributed by atoms with E-state index in [1.807, 2.05) is 0 Å². The van der Waals surface area contributed by atoms with Crippen molar-refractivity contribution >= 4 is 0 Å². The van der Waals surface area contributed by atoms with Crippen LogP contribution in [0.3, 0.4) is 0 Å². The van der Waals surface area contributed by atoms with Gasteiger partial charge < -0.3 is 14.2 Å². The molecule has 0 bridgehead atoms. The summed E-state index contributed by atoms with van der Waals surface area (Å²) in [7, 11) is 0. The van der Waals surface area contributed by atoms with Crippen LogP contribution >= 0.6 is 0 Å². The van der Waals surface area contributed by atoms with Gasteiger partial charge >= 0.3 is 12.4 Å². The lowest BCUT2D eigenvalue weighted by atomic mass is 9.88. The van der Waals surface area contributed by atoms with Crippen LogP contribution in [-0.4, -0.2) is 31.2 Å². The van der Waals surface area contributed by atoms with Gasteiger partial charge in [-0.05, 0) is 6.92 Å². The highest BCUT2D eigenvalue weighted by atomic mass is 19.4. The number of hydrogen-bond donors (Lipinski definition) is 1. The first kappa shape index (κ1) is 16.7. The topological polar surface area (TPSA) is 77.0 Å². The SMILES string of the molecule is C[C@H]1Cn2c(nnc2C(F)(F)F)-c2onc([C@@](C)(O)C(F)(F)F)c21. The van der Waals surface area contributed by atoms with E-state index in [9.17, 15) is 31.4 Å². The third kappa shape index (κ3) is 2.19. The zero-order valence-corrected chi connectivity index (χ0v) is 12.2. The Labute approximate surface area is 130 Å². The summed E-state index contributed by atoms with van der Waals surface area (Å²) in [5.74, 6) is -2.86. The molecule has 2 atom stereocenters. The maximum Gasteiger partial charge on any atom is 0.451 e. The Morgan fingerprint density at radius 2 is 1.79 bits per heavy atom. The average Bonchev–Trinajstić information content (AvgIpc) is 2.99. The maximum absolute atomic E-state index is 13.0. The summed E-state index contributed by atoms with van der Waals surface area (Å²) in [6.07, 6.45) is -9.82. The first-order valence-corrected chi connectivity index (χ1v) is 6.65. The van der Waals surface area contributed by atoms with Gasteiger partial charge in [0.2, 0.25) is 23.0 Å². The van der Waals surface area contributed by atoms with Crippen molar-refractivity contribution in [3.05, 3.63) is 17.1 Å². The van der Waals surface area contributed by atoms with E-state index in [4.69, 9.17) is 4.52 Å². The lowest BCUT2D eigenvalue weighted by molar-refractivity contribution is -0.261. The van der Waals surface area contributed by atoms with Crippen molar-refractivity contribution in [3.63, 3.8) is 0 Å². The second-order valence-corrected chi connectivity index (χ2v) is 5.70. The molecule has 0 aromatic carbocycles. The number of hydrogen-bond acceptors (Lipinski definition) is 5. The van der Waals surface area contributed by atoms with Gasteiger partial charge in [-0.2, -0.15) is 26.3 Å². The molecule has 1 N–H and O–H groups in total. The van der Waals surface area contributed by atoms with Crippen LogP contribution in [0.4, 0.5) is 26.3 Å². The number of aromatic nitrogens is 4. The molecule has 24 heavy (non-hydrogen) atoms. The molecule has 2 aromatic rings. The first-order chi connectivity index (χ1) is 10.9. The normalized spacial score (nSPS) is 20.5. The fraction of sp³-hybridized carbons (Fsp3) is 0.583. The maximum atomic E-state index is 13.0. The molecule has 0 amide bonds. The predicted molar refractivity (Wildman–Crippen MR) is 64.6 cm³/mol. The average molecular weight is 356 g/mol. The molecule has 3 rings (SSSR count). The van der Waals surface area contributed by atoms with E-state index in [0.29, 0.717) is 11.5 Å². The fourth-order valence-electron chi connectivity index (χ4n) is 2.62. The largest absolute Gasteiger partial charge is 0.451 e. The van der Waals surface area contributed by atoms with Gasteiger partial charge in [-0.1, -0.05) is 12.1 Å². The minimum absolute atomic E-state index is 0.133. The van der Waals surface area contributed by atoms with Crippen molar-refractivity contribution < 1.29 is 36.0 Å². The van der Waals surface area contributed by atoms with Crippen molar-refractivity contribution in [1.82, 2.24) is 19.9 Å². The Bertz CT molecular complexity index is 789. The van der Waals surface area contributed by atoms with Gasteiger partial charge in [0.15, 0.2) is 0 Å². The highest BCUT2D eigenvalue weighted by Gasteiger charge is 2.56. The molecule has 0 unspecified atom stereocenters. The molecule has 1 aliphatic heterocycles. The summed E-state index contributed by atoms with van der Waals surface area (Å²) in [6, 6.07) is 0. The smallest absolute Gasteiger partial charge is 0.375 e. The molecule has 2 aromatic heterocycles. The van der Waals surface area contributed by atoms with Crippen molar-refractivity contribution in [2.75, 3.05) is 0 Å². The van der Waals surface area contributed by atoms with Crippen LogP contribution in [0.15, 0.2) is 4.52 Å². The van der Waals surface area contributed by atoms with Gasteiger partial charge in [0, 0.05) is 18.0 Å². The van der Waals surface area contributed by atoms with Crippen molar-refractivity contribution in [2.24, 2.45) is 0 Å². The molecule has 12 heteroatoms. The second-order valence-electron chi connectivity index (χ2n) is 5.70. The molecular formula is C12H10F6N4O2. The lowest BCUT2D eigenvalue weighted by Gasteiger charge is -2.27. The van der Waals surface area contributed by atoms with E-state index in [1.54, 1.807) is 0 Å². The van der Waals surface area contributed by atoms with Crippen LogP contribution in [-0.2, 0) is 18.3 Å². The molecule has 3 heterocycles. The summed E-state index contributed by atoms with van der Waals surface area (Å²) in [4.78, 5) is 0. The summed E-state index contributed by atoms with van der Waals surface area (Å²) in [5.41, 5.74) is -4.24. The molecule has 6 nitrogen and oxygen atoms in total. The number of rotatable bonds is 1. The highest BCUT2D eigenvalue weighted by molar-refractivity contribution is 5.59. The van der Waals surface area contributed by atoms with Gasteiger partial charge in [-0.25, -0.2) is 0 Å². The quantitative estimate of drug-likeness (QED) is 0.795. The second kappa shape index (κ2) is 4.71. The Hall–Kier alpha value is -2.11. The third-order valence-electron chi connectivity index (χ3n) is 3.90. The number of nitrogens with zero attached hydrogens (tertiary/aromatic N) is 4. The van der Waals surface area contributed by atoms with Crippen LogP contribution in [0.25, 0.3) is 11.6 Å². The molecular weight excluding hydrogens is 346 g/mol. The first-order valence-electron chi connectivity index (χ1n) is 6.65. The Balaban J connectivity index is 2.19. The minimum Gasteiger partial charge on any atom is -0.375 e. The van der Waals surface area contributed by atoms with Crippen molar-refractivity contribution in [1.29, 1.82) is 0 Å². The van der Waals surface area contributed by atoms with Gasteiger partial charge in [0.05, 0.1) is 0 Å². The highest BCUT2D eigenvalue weighted by Crippen LogP contribution is 2.46. The van der Waals surface area contributed by atoms with Crippen LogP contribution in [0.5, 0.6) is 0 Å². The lowest BCUT2D eigenvalue weighted by Crippen LogP contribution is -2.40. The van der Waals surface area contributed by atoms with Crippen molar-refractivity contribution in [2.45, 2.75) is 44.3 Å². The Kier molecular flexibility index (Phi) is 3.28. The molecule has 0 spiro atoms. The van der Waals surface area contributed by atoms with Crippen LogP contribution in [0.2, 0.25) is 0 Å². The molecule has 0 aliphatic carbocycles. The zero-order valence-electron chi connectivity index (χ0n) is 12.2. The van der Waals surface area contributed by atoms with Crippen molar-refractivity contribution in [3.8, 4) is 11.6 Å². The van der Waals surface area contributed by atoms with E-state index in [2.05, 4.69) is 15.4 Å². The molecule has 132 valence electrons. The Morgan fingerprint density at radius 3 is 2.33 bits per heavy atom. The number of alkyl halides is 6. The van der Waals surface area contributed by atoms with E-state index in [-0.39, 0.29) is 23.7 Å². The van der Waals surface area contributed by atoms with Crippen LogP contribution in [0, 0.1) is 0 Å². The summed E-state index contributed by atoms with van der Waals surface area (Å²) in [6.45, 7) is 1.57. The van der Waals surface area contributed by atoms with Crippen LogP contribution < -0.4 is 0 Å². The minimum atomic E-state index is -5.04. The van der Waals surface area contributed by atoms with Gasteiger partial charge in [0.1, 0.15) is 5.69 Å². The van der Waals surface area contributed by atoms with E-state index < -0.39 is 35.4 Å². The standard InChI is InChI=1S/C12H10F6N4O2/c1-4-3-22-8(19-20-9(22)11(13,14)15)6-5(4)7(21-24-6)10(2,23)12(16,17)18/h4,23H,3H2,1-2H3/t4-,10+/m0/s1. The zero-order chi connectivity index (χ0) is 18.1. The number of halogens is 6. The summed E-state index contributed by atoms with van der Waals surface area (Å²) < 4.78 is 83.3. The molecule has 0 saturated carbocycles. The van der Waals surface area contributed by atoms with Gasteiger partial charge in [0.25, 0.3) is 0 Å². The number of aliphatic hydroxyl groups is 1. The number of fused-ring (bicyclic) bond motifs is 3. The predicted octanol–water partition coefficient (Wildman–Crippen LogP) is 2.84. The molecule has 0 fully saturated rings. The summed E-state index contributed by atoms with van der Waals surface area (Å²) in [5, 5.41) is 19.4. The molecule has 1 aliphatic rings. The fourth-order valence-corrected chi connectivity index (χ4v) is 2.62. The van der Waals surface area contributed by atoms with E-state index >= 15 is 0 Å². The van der Waals surface area contributed by atoms with Gasteiger partial charge in [-0.3, -0.25) is 0 Å². The molecule has 0 saturated heterocycles. The molecule has 0 radical (unpaired) electrons. The van der Waals surface area contributed by atoms with Gasteiger partial charge in [-0.15, -0.1) is 10.2 Å². The monoisotopic (exact) mass is 356 g/mol. The summed E-state index contributed by atoms with van der Waals surface area (Å²) >= 11 is 0. The van der Waals surface area contributed by atoms with E-state index in [1.165, 1.54) is 6.92 Å². The third-order valence-corrected chi connectivity index (χ3v) is 3.90. The van der Waals surface area contributed by atoms with E-state index in [0.717, 1.165) is 0 Å².